The Kier molecular flexibility index (Phi) is 6.50. The number of benzene rings is 2. The van der Waals surface area contributed by atoms with Crippen LogP contribution < -0.4 is 15.4 Å². The van der Waals surface area contributed by atoms with Gasteiger partial charge in [-0.15, -0.1) is 0 Å². The van der Waals surface area contributed by atoms with Crippen LogP contribution in [0.4, 0.5) is 16.2 Å². The molecule has 0 fully saturated rings. The molecule has 132 valence electrons. The van der Waals surface area contributed by atoms with Gasteiger partial charge in [-0.05, 0) is 53.4 Å². The quantitative estimate of drug-likeness (QED) is 0.533. The minimum absolute atomic E-state index is 0.243. The Hall–Kier alpha value is -2.99. The molecule has 0 aliphatic rings. The van der Waals surface area contributed by atoms with Gasteiger partial charge in [0.05, 0.1) is 0 Å². The van der Waals surface area contributed by atoms with Gasteiger partial charge in [0.1, 0.15) is 0 Å². The van der Waals surface area contributed by atoms with Gasteiger partial charge in [0.15, 0.2) is 0 Å². The van der Waals surface area contributed by atoms with E-state index in [0.29, 0.717) is 6.54 Å². The fourth-order valence-electron chi connectivity index (χ4n) is 2.26. The number of aromatic nitrogens is 1. The van der Waals surface area contributed by atoms with Crippen LogP contribution in [0, 0.1) is 0 Å². The molecule has 0 saturated carbocycles. The van der Waals surface area contributed by atoms with E-state index in [1.807, 2.05) is 54.6 Å². The molecule has 0 aliphatic heterocycles. The average Bonchev–Trinajstić information content (AvgIpc) is 2.69. The first-order valence-corrected chi connectivity index (χ1v) is 9.24. The zero-order valence-corrected chi connectivity index (χ0v) is 15.0. The normalized spacial score (nSPS) is 10.2. The molecule has 2 amide bonds. The highest BCUT2D eigenvalue weighted by molar-refractivity contribution is 7.99. The molecule has 3 rings (SSSR count). The second kappa shape index (κ2) is 9.48. The van der Waals surface area contributed by atoms with Crippen molar-refractivity contribution in [3.05, 3.63) is 90.3 Å². The highest BCUT2D eigenvalue weighted by atomic mass is 32.2. The van der Waals surface area contributed by atoms with E-state index in [0.717, 1.165) is 22.7 Å². The standard InChI is InChI=1S/C20H20N4OS/c25-20(22-14-17-7-4-12-21-13-17)23-18-8-10-19(11-9-18)24-26-15-16-5-2-1-3-6-16/h1-13,24H,14-15H2,(H2,22,23,25). The van der Waals surface area contributed by atoms with Crippen LogP contribution in [0.2, 0.25) is 0 Å². The lowest BCUT2D eigenvalue weighted by Gasteiger charge is -2.09. The molecular weight excluding hydrogens is 344 g/mol. The van der Waals surface area contributed by atoms with Gasteiger partial charge < -0.3 is 15.4 Å². The Morgan fingerprint density at radius 1 is 0.885 bits per heavy atom. The van der Waals surface area contributed by atoms with Crippen molar-refractivity contribution in [3.63, 3.8) is 0 Å². The molecule has 0 aliphatic carbocycles. The fraction of sp³-hybridized carbons (Fsp3) is 0.100. The highest BCUT2D eigenvalue weighted by Crippen LogP contribution is 2.19. The van der Waals surface area contributed by atoms with Gasteiger partial charge in [-0.1, -0.05) is 36.4 Å². The number of urea groups is 1. The summed E-state index contributed by atoms with van der Waals surface area (Å²) in [4.78, 5) is 16.0. The topological polar surface area (TPSA) is 66.0 Å². The number of hydrogen-bond acceptors (Lipinski definition) is 4. The van der Waals surface area contributed by atoms with E-state index in [2.05, 4.69) is 32.5 Å². The number of nitrogens with one attached hydrogen (secondary N) is 3. The van der Waals surface area contributed by atoms with Crippen LogP contribution in [-0.2, 0) is 12.3 Å². The lowest BCUT2D eigenvalue weighted by atomic mass is 10.2. The van der Waals surface area contributed by atoms with Crippen LogP contribution in [0.5, 0.6) is 0 Å². The van der Waals surface area contributed by atoms with E-state index in [9.17, 15) is 4.79 Å². The summed E-state index contributed by atoms with van der Waals surface area (Å²) in [5.74, 6) is 0.886. The van der Waals surface area contributed by atoms with E-state index in [4.69, 9.17) is 0 Å². The molecule has 0 atom stereocenters. The van der Waals surface area contributed by atoms with E-state index < -0.39 is 0 Å². The second-order valence-electron chi connectivity index (χ2n) is 5.62. The lowest BCUT2D eigenvalue weighted by molar-refractivity contribution is 0.251. The summed E-state index contributed by atoms with van der Waals surface area (Å²) in [7, 11) is 0. The number of rotatable bonds is 7. The maximum absolute atomic E-state index is 11.9. The third kappa shape index (κ3) is 5.82. The Morgan fingerprint density at radius 3 is 2.35 bits per heavy atom. The maximum atomic E-state index is 11.9. The van der Waals surface area contributed by atoms with Crippen molar-refractivity contribution >= 4 is 29.4 Å². The molecule has 0 radical (unpaired) electrons. The molecule has 0 spiro atoms. The lowest BCUT2D eigenvalue weighted by Crippen LogP contribution is -2.28. The summed E-state index contributed by atoms with van der Waals surface area (Å²) >= 11 is 1.63. The van der Waals surface area contributed by atoms with Gasteiger partial charge in [-0.25, -0.2) is 4.79 Å². The maximum Gasteiger partial charge on any atom is 0.319 e. The average molecular weight is 364 g/mol. The van der Waals surface area contributed by atoms with Crippen molar-refractivity contribution in [1.29, 1.82) is 0 Å². The Morgan fingerprint density at radius 2 is 1.62 bits per heavy atom. The second-order valence-corrected chi connectivity index (χ2v) is 6.40. The molecule has 1 heterocycles. The fourth-order valence-corrected chi connectivity index (χ4v) is 2.99. The Labute approximate surface area is 157 Å². The number of amides is 2. The number of anilines is 2. The highest BCUT2D eigenvalue weighted by Gasteiger charge is 2.02. The minimum atomic E-state index is -0.243. The third-order valence-corrected chi connectivity index (χ3v) is 4.45. The SMILES string of the molecule is O=C(NCc1cccnc1)Nc1ccc(NSCc2ccccc2)cc1. The van der Waals surface area contributed by atoms with Crippen LogP contribution in [0.3, 0.4) is 0 Å². The molecule has 0 saturated heterocycles. The van der Waals surface area contributed by atoms with Gasteiger partial charge in [-0.2, -0.15) is 0 Å². The van der Waals surface area contributed by atoms with Gasteiger partial charge in [0.25, 0.3) is 0 Å². The van der Waals surface area contributed by atoms with Gasteiger partial charge in [0, 0.05) is 36.1 Å². The van der Waals surface area contributed by atoms with Crippen LogP contribution in [0.1, 0.15) is 11.1 Å². The summed E-state index contributed by atoms with van der Waals surface area (Å²) in [5.41, 5.74) is 3.96. The zero-order valence-electron chi connectivity index (χ0n) is 14.2. The van der Waals surface area contributed by atoms with Crippen LogP contribution in [0.25, 0.3) is 0 Å². The van der Waals surface area contributed by atoms with E-state index >= 15 is 0 Å². The van der Waals surface area contributed by atoms with Crippen molar-refractivity contribution in [1.82, 2.24) is 10.3 Å². The molecule has 2 aromatic carbocycles. The van der Waals surface area contributed by atoms with Gasteiger partial charge in [0.2, 0.25) is 0 Å². The number of carbonyl (C=O) groups excluding carboxylic acids is 1. The summed E-state index contributed by atoms with van der Waals surface area (Å²) in [6.07, 6.45) is 3.44. The summed E-state index contributed by atoms with van der Waals surface area (Å²) < 4.78 is 3.30. The monoisotopic (exact) mass is 364 g/mol. The van der Waals surface area contributed by atoms with Crippen molar-refractivity contribution in [2.45, 2.75) is 12.3 Å². The largest absolute Gasteiger partial charge is 0.334 e. The molecule has 3 aromatic rings. The predicted octanol–water partition coefficient (Wildman–Crippen LogP) is 4.66. The minimum Gasteiger partial charge on any atom is -0.334 e. The smallest absolute Gasteiger partial charge is 0.319 e. The Balaban J connectivity index is 1.41. The third-order valence-electron chi connectivity index (χ3n) is 3.59. The van der Waals surface area contributed by atoms with Gasteiger partial charge in [-0.3, -0.25) is 4.98 Å². The first-order valence-electron chi connectivity index (χ1n) is 8.25. The summed E-state index contributed by atoms with van der Waals surface area (Å²) in [6, 6.07) is 21.4. The van der Waals surface area contributed by atoms with Gasteiger partial charge >= 0.3 is 6.03 Å². The molecule has 5 nitrogen and oxygen atoms in total. The van der Waals surface area contributed by atoms with E-state index in [1.165, 1.54) is 5.56 Å². The number of carbonyl (C=O) groups is 1. The molecule has 1 aromatic heterocycles. The first kappa shape index (κ1) is 17.8. The van der Waals surface area contributed by atoms with Crippen molar-refractivity contribution in [3.8, 4) is 0 Å². The van der Waals surface area contributed by atoms with E-state index in [1.54, 1.807) is 24.3 Å². The Bertz CT molecular complexity index is 810. The number of pyridine rings is 1. The summed E-state index contributed by atoms with van der Waals surface area (Å²) in [6.45, 7) is 0.440. The molecule has 0 unspecified atom stereocenters. The van der Waals surface area contributed by atoms with Crippen LogP contribution in [0.15, 0.2) is 79.1 Å². The molecule has 3 N–H and O–H groups in total. The van der Waals surface area contributed by atoms with Crippen molar-refractivity contribution in [2.75, 3.05) is 10.0 Å². The number of hydrogen-bond donors (Lipinski definition) is 3. The summed E-state index contributed by atoms with van der Waals surface area (Å²) in [5, 5.41) is 5.62. The van der Waals surface area contributed by atoms with Crippen LogP contribution >= 0.6 is 11.9 Å². The zero-order chi connectivity index (χ0) is 18.0. The molecular formula is C20H20N4OS. The van der Waals surface area contributed by atoms with Crippen LogP contribution in [-0.4, -0.2) is 11.0 Å². The molecule has 0 bridgehead atoms. The molecule has 6 heteroatoms. The molecule has 26 heavy (non-hydrogen) atoms. The number of nitrogens with zero attached hydrogens (tertiary/aromatic N) is 1. The first-order chi connectivity index (χ1) is 12.8. The van der Waals surface area contributed by atoms with E-state index in [-0.39, 0.29) is 6.03 Å². The predicted molar refractivity (Wildman–Crippen MR) is 108 cm³/mol. The van der Waals surface area contributed by atoms with Crippen molar-refractivity contribution < 1.29 is 4.79 Å². The van der Waals surface area contributed by atoms with Crippen molar-refractivity contribution in [2.24, 2.45) is 0 Å².